The van der Waals surface area contributed by atoms with E-state index >= 15 is 0 Å². The van der Waals surface area contributed by atoms with E-state index in [4.69, 9.17) is 11.5 Å². The van der Waals surface area contributed by atoms with Gasteiger partial charge in [-0.2, -0.15) is 0 Å². The largest absolute Gasteiger partial charge is 0.366 e. The Labute approximate surface area is 118 Å². The van der Waals surface area contributed by atoms with Crippen LogP contribution in [0, 0.1) is 6.92 Å². The van der Waals surface area contributed by atoms with Gasteiger partial charge in [0, 0.05) is 11.3 Å². The van der Waals surface area contributed by atoms with Gasteiger partial charge in [0.1, 0.15) is 0 Å². The van der Waals surface area contributed by atoms with Crippen molar-refractivity contribution in [1.82, 2.24) is 0 Å². The summed E-state index contributed by atoms with van der Waals surface area (Å²) in [6, 6.07) is 5.12. The highest BCUT2D eigenvalue weighted by Crippen LogP contribution is 2.27. The van der Waals surface area contributed by atoms with E-state index in [1.54, 1.807) is 25.1 Å². The molecule has 5 heteroatoms. The minimum absolute atomic E-state index is 0.184. The van der Waals surface area contributed by atoms with E-state index in [0.717, 1.165) is 24.8 Å². The summed E-state index contributed by atoms with van der Waals surface area (Å²) in [5.74, 6) is -0.685. The summed E-state index contributed by atoms with van der Waals surface area (Å²) in [6.07, 6.45) is 4.48. The van der Waals surface area contributed by atoms with Crippen molar-refractivity contribution in [1.29, 1.82) is 0 Å². The minimum Gasteiger partial charge on any atom is -0.366 e. The van der Waals surface area contributed by atoms with Crippen molar-refractivity contribution in [2.24, 2.45) is 11.5 Å². The number of nitrogens with two attached hydrogens (primary N) is 2. The zero-order chi connectivity index (χ0) is 14.8. The third kappa shape index (κ3) is 2.99. The van der Waals surface area contributed by atoms with Crippen molar-refractivity contribution < 1.29 is 9.59 Å². The van der Waals surface area contributed by atoms with Gasteiger partial charge in [0.25, 0.3) is 0 Å². The monoisotopic (exact) mass is 275 g/mol. The predicted molar refractivity (Wildman–Crippen MR) is 78.3 cm³/mol. The molecule has 2 amide bonds. The molecule has 1 aliphatic carbocycles. The van der Waals surface area contributed by atoms with Crippen LogP contribution in [-0.4, -0.2) is 17.4 Å². The van der Waals surface area contributed by atoms with Gasteiger partial charge in [-0.15, -0.1) is 0 Å². The van der Waals surface area contributed by atoms with Crippen molar-refractivity contribution in [2.45, 2.75) is 44.6 Å². The second kappa shape index (κ2) is 5.63. The summed E-state index contributed by atoms with van der Waals surface area (Å²) in [5.41, 5.74) is 12.4. The third-order valence-electron chi connectivity index (χ3n) is 3.96. The zero-order valence-electron chi connectivity index (χ0n) is 11.7. The summed E-state index contributed by atoms with van der Waals surface area (Å²) < 4.78 is 0. The van der Waals surface area contributed by atoms with E-state index in [1.165, 1.54) is 0 Å². The van der Waals surface area contributed by atoms with Gasteiger partial charge >= 0.3 is 0 Å². The molecule has 5 nitrogen and oxygen atoms in total. The molecule has 1 saturated carbocycles. The van der Waals surface area contributed by atoms with E-state index in [2.05, 4.69) is 5.32 Å². The van der Waals surface area contributed by atoms with Gasteiger partial charge in [-0.25, -0.2) is 0 Å². The maximum absolute atomic E-state index is 12.3. The highest BCUT2D eigenvalue weighted by Gasteiger charge is 2.35. The normalized spacial score (nSPS) is 17.5. The van der Waals surface area contributed by atoms with Crippen molar-refractivity contribution in [3.05, 3.63) is 29.3 Å². The number of aryl methyl sites for hydroxylation is 1. The predicted octanol–water partition coefficient (Wildman–Crippen LogP) is 1.69. The van der Waals surface area contributed by atoms with Crippen molar-refractivity contribution in [2.75, 3.05) is 5.32 Å². The van der Waals surface area contributed by atoms with Gasteiger partial charge in [0.15, 0.2) is 0 Å². The lowest BCUT2D eigenvalue weighted by Gasteiger charge is -2.31. The van der Waals surface area contributed by atoms with Gasteiger partial charge in [-0.3, -0.25) is 9.59 Å². The second-order valence-electron chi connectivity index (χ2n) is 5.56. The summed E-state index contributed by atoms with van der Waals surface area (Å²) in [5, 5.41) is 2.80. The van der Waals surface area contributed by atoms with E-state index in [-0.39, 0.29) is 5.91 Å². The van der Waals surface area contributed by atoms with Gasteiger partial charge < -0.3 is 16.8 Å². The molecule has 0 aliphatic heterocycles. The lowest BCUT2D eigenvalue weighted by atomic mass is 9.82. The van der Waals surface area contributed by atoms with E-state index < -0.39 is 11.4 Å². The Morgan fingerprint density at radius 2 is 1.85 bits per heavy atom. The van der Waals surface area contributed by atoms with Gasteiger partial charge in [-0.1, -0.05) is 25.3 Å². The molecule has 108 valence electrons. The Kier molecular flexibility index (Phi) is 4.09. The highest BCUT2D eigenvalue weighted by atomic mass is 16.2. The Balaban J connectivity index is 2.15. The van der Waals surface area contributed by atoms with Gasteiger partial charge in [0.2, 0.25) is 11.8 Å². The van der Waals surface area contributed by atoms with Crippen LogP contribution in [0.5, 0.6) is 0 Å². The molecule has 2 rings (SSSR count). The van der Waals surface area contributed by atoms with Crippen LogP contribution in [-0.2, 0) is 4.79 Å². The quantitative estimate of drug-likeness (QED) is 0.783. The first-order chi connectivity index (χ1) is 9.42. The number of hydrogen-bond acceptors (Lipinski definition) is 3. The van der Waals surface area contributed by atoms with E-state index in [1.807, 2.05) is 0 Å². The Morgan fingerprint density at radius 1 is 1.20 bits per heavy atom. The number of nitrogens with one attached hydrogen (secondary N) is 1. The minimum atomic E-state index is -0.796. The maximum Gasteiger partial charge on any atom is 0.249 e. The molecule has 0 unspecified atom stereocenters. The molecule has 1 fully saturated rings. The molecular weight excluding hydrogens is 254 g/mol. The third-order valence-corrected chi connectivity index (χ3v) is 3.96. The zero-order valence-corrected chi connectivity index (χ0v) is 11.7. The molecule has 1 aromatic rings. The van der Waals surface area contributed by atoms with E-state index in [0.29, 0.717) is 24.1 Å². The molecule has 5 N–H and O–H groups in total. The van der Waals surface area contributed by atoms with Crippen LogP contribution in [0.3, 0.4) is 0 Å². The van der Waals surface area contributed by atoms with Crippen molar-refractivity contribution >= 4 is 17.5 Å². The second-order valence-corrected chi connectivity index (χ2v) is 5.56. The smallest absolute Gasteiger partial charge is 0.249 e. The fraction of sp³-hybridized carbons (Fsp3) is 0.467. The molecule has 0 atom stereocenters. The molecule has 0 aromatic heterocycles. The number of carbonyl (C=O) groups is 2. The first-order valence-corrected chi connectivity index (χ1v) is 6.93. The highest BCUT2D eigenvalue weighted by molar-refractivity contribution is 6.00. The topological polar surface area (TPSA) is 98.2 Å². The number of rotatable bonds is 3. The first kappa shape index (κ1) is 14.5. The van der Waals surface area contributed by atoms with E-state index in [9.17, 15) is 9.59 Å². The molecule has 0 heterocycles. The lowest BCUT2D eigenvalue weighted by Crippen LogP contribution is -2.52. The Morgan fingerprint density at radius 3 is 2.45 bits per heavy atom. The van der Waals surface area contributed by atoms with Crippen LogP contribution < -0.4 is 16.8 Å². The fourth-order valence-corrected chi connectivity index (χ4v) is 2.63. The Bertz CT molecular complexity index is 534. The first-order valence-electron chi connectivity index (χ1n) is 6.93. The number of hydrogen-bond donors (Lipinski definition) is 3. The van der Waals surface area contributed by atoms with Crippen LogP contribution >= 0.6 is 0 Å². The molecule has 1 aromatic carbocycles. The summed E-state index contributed by atoms with van der Waals surface area (Å²) in [7, 11) is 0. The number of primary amides is 1. The summed E-state index contributed by atoms with van der Waals surface area (Å²) >= 11 is 0. The van der Waals surface area contributed by atoms with Crippen LogP contribution in [0.2, 0.25) is 0 Å². The average Bonchev–Trinajstić information content (AvgIpc) is 2.41. The Hall–Kier alpha value is -1.88. The molecule has 0 bridgehead atoms. The average molecular weight is 275 g/mol. The molecule has 0 saturated heterocycles. The molecular formula is C15H21N3O2. The maximum atomic E-state index is 12.3. The summed E-state index contributed by atoms with van der Waals surface area (Å²) in [6.45, 7) is 1.80. The standard InChI is InChI=1S/C15H21N3O2/c1-10-5-6-11(9-12(10)13(16)19)18-14(20)15(17)7-3-2-4-8-15/h5-6,9H,2-4,7-8,17H2,1H3,(H2,16,19)(H,18,20). The SMILES string of the molecule is Cc1ccc(NC(=O)C2(N)CCCCC2)cc1C(N)=O. The lowest BCUT2D eigenvalue weighted by molar-refractivity contribution is -0.122. The summed E-state index contributed by atoms with van der Waals surface area (Å²) in [4.78, 5) is 23.6. The van der Waals surface area contributed by atoms with Crippen molar-refractivity contribution in [3.63, 3.8) is 0 Å². The van der Waals surface area contributed by atoms with Crippen LogP contribution in [0.25, 0.3) is 0 Å². The number of benzene rings is 1. The van der Waals surface area contributed by atoms with Gasteiger partial charge in [0.05, 0.1) is 5.54 Å². The number of amides is 2. The molecule has 0 radical (unpaired) electrons. The van der Waals surface area contributed by atoms with Crippen LogP contribution in [0.15, 0.2) is 18.2 Å². The van der Waals surface area contributed by atoms with Crippen LogP contribution in [0.4, 0.5) is 5.69 Å². The van der Waals surface area contributed by atoms with Crippen molar-refractivity contribution in [3.8, 4) is 0 Å². The number of anilines is 1. The van der Waals surface area contributed by atoms with Crippen LogP contribution in [0.1, 0.15) is 48.0 Å². The molecule has 0 spiro atoms. The van der Waals surface area contributed by atoms with Gasteiger partial charge in [-0.05, 0) is 37.5 Å². The molecule has 20 heavy (non-hydrogen) atoms. The number of carbonyl (C=O) groups excluding carboxylic acids is 2. The molecule has 1 aliphatic rings. The fourth-order valence-electron chi connectivity index (χ4n) is 2.63.